The van der Waals surface area contributed by atoms with Crippen LogP contribution in [0.4, 0.5) is 15.2 Å². The molecule has 4 aromatic rings. The van der Waals surface area contributed by atoms with Crippen molar-refractivity contribution in [2.75, 3.05) is 5.32 Å². The van der Waals surface area contributed by atoms with Gasteiger partial charge >= 0.3 is 0 Å². The molecule has 0 spiro atoms. The van der Waals surface area contributed by atoms with E-state index < -0.39 is 0 Å². The van der Waals surface area contributed by atoms with E-state index in [0.29, 0.717) is 17.1 Å². The summed E-state index contributed by atoms with van der Waals surface area (Å²) in [6.45, 7) is 0.382. The highest BCUT2D eigenvalue weighted by atomic mass is 79.9. The normalized spacial score (nSPS) is 11.2. The fraction of sp³-hybridized carbons (Fsp3) is 0.0625. The third kappa shape index (κ3) is 3.65. The van der Waals surface area contributed by atoms with Gasteiger partial charge in [0.05, 0.1) is 18.4 Å². The van der Waals surface area contributed by atoms with Crippen LogP contribution in [0.1, 0.15) is 5.56 Å². The van der Waals surface area contributed by atoms with Gasteiger partial charge in [0.25, 0.3) is 0 Å². The molecule has 126 valence electrons. The van der Waals surface area contributed by atoms with Crippen molar-refractivity contribution >= 4 is 60.0 Å². The van der Waals surface area contributed by atoms with Gasteiger partial charge in [-0.25, -0.2) is 14.4 Å². The number of hydrogen-bond acceptors (Lipinski definition) is 5. The maximum Gasteiger partial charge on any atom is 0.189 e. The summed E-state index contributed by atoms with van der Waals surface area (Å²) < 4.78 is 15.9. The third-order valence-electron chi connectivity index (χ3n) is 3.44. The average Bonchev–Trinajstić information content (AvgIpc) is 3.17. The quantitative estimate of drug-likeness (QED) is 0.474. The standard InChI is InChI=1S/C16H10BrClFN5S/c17-10-4-14-15(20-5-10)25-16(23-14)22-12-6-21-24(8-12)7-9-3-11(19)1-2-13(9)18/h1-6,8H,7H2,(H,22,23). The molecule has 3 aromatic heterocycles. The second-order valence-electron chi connectivity index (χ2n) is 5.28. The van der Waals surface area contributed by atoms with Crippen molar-refractivity contribution in [2.24, 2.45) is 0 Å². The van der Waals surface area contributed by atoms with Crippen LogP contribution < -0.4 is 5.32 Å². The second-order valence-corrected chi connectivity index (χ2v) is 7.58. The summed E-state index contributed by atoms with van der Waals surface area (Å²) >= 11 is 10.9. The van der Waals surface area contributed by atoms with Crippen LogP contribution in [0, 0.1) is 5.82 Å². The summed E-state index contributed by atoms with van der Waals surface area (Å²) in [5.74, 6) is -0.321. The third-order valence-corrected chi connectivity index (χ3v) is 5.14. The van der Waals surface area contributed by atoms with Crippen molar-refractivity contribution in [3.63, 3.8) is 0 Å². The number of pyridine rings is 1. The van der Waals surface area contributed by atoms with E-state index in [0.717, 1.165) is 25.6 Å². The van der Waals surface area contributed by atoms with E-state index in [1.165, 1.54) is 23.5 Å². The van der Waals surface area contributed by atoms with Gasteiger partial charge in [0.2, 0.25) is 0 Å². The molecular formula is C16H10BrClFN5S. The summed E-state index contributed by atoms with van der Waals surface area (Å²) in [4.78, 5) is 9.67. The highest BCUT2D eigenvalue weighted by Gasteiger charge is 2.08. The van der Waals surface area contributed by atoms with Crippen LogP contribution >= 0.6 is 38.9 Å². The number of fused-ring (bicyclic) bond motifs is 1. The van der Waals surface area contributed by atoms with Gasteiger partial charge in [-0.2, -0.15) is 5.10 Å². The topological polar surface area (TPSA) is 55.6 Å². The molecule has 1 aromatic carbocycles. The number of benzene rings is 1. The van der Waals surface area contributed by atoms with Gasteiger partial charge in [-0.1, -0.05) is 22.9 Å². The zero-order valence-corrected chi connectivity index (χ0v) is 15.7. The smallest absolute Gasteiger partial charge is 0.189 e. The predicted octanol–water partition coefficient (Wildman–Crippen LogP) is 5.23. The van der Waals surface area contributed by atoms with Crippen LogP contribution in [-0.4, -0.2) is 19.7 Å². The molecule has 5 nitrogen and oxygen atoms in total. The zero-order valence-electron chi connectivity index (χ0n) is 12.6. The van der Waals surface area contributed by atoms with Crippen molar-refractivity contribution < 1.29 is 4.39 Å². The Balaban J connectivity index is 1.53. The first-order chi connectivity index (χ1) is 12.1. The Kier molecular flexibility index (Phi) is 4.41. The fourth-order valence-electron chi connectivity index (χ4n) is 2.33. The average molecular weight is 439 g/mol. The molecule has 0 fully saturated rings. The fourth-order valence-corrected chi connectivity index (χ4v) is 3.64. The van der Waals surface area contributed by atoms with Crippen LogP contribution in [0.5, 0.6) is 0 Å². The lowest BCUT2D eigenvalue weighted by molar-refractivity contribution is 0.619. The molecule has 3 heterocycles. The minimum absolute atomic E-state index is 0.321. The van der Waals surface area contributed by atoms with E-state index in [1.54, 1.807) is 23.1 Å². The van der Waals surface area contributed by atoms with Crippen molar-refractivity contribution in [3.05, 3.63) is 63.7 Å². The zero-order chi connectivity index (χ0) is 17.4. The summed E-state index contributed by atoms with van der Waals surface area (Å²) in [7, 11) is 0. The SMILES string of the molecule is Fc1ccc(Cl)c(Cn2cc(Nc3nc4cc(Br)cnc4s3)cn2)c1. The minimum Gasteiger partial charge on any atom is -0.329 e. The first-order valence-electron chi connectivity index (χ1n) is 7.22. The number of aromatic nitrogens is 4. The number of rotatable bonds is 4. The number of hydrogen-bond donors (Lipinski definition) is 1. The number of thiazole rings is 1. The molecule has 0 bridgehead atoms. The Labute approximate surface area is 159 Å². The molecule has 0 aliphatic heterocycles. The Bertz CT molecular complexity index is 1060. The second kappa shape index (κ2) is 6.70. The lowest BCUT2D eigenvalue weighted by Crippen LogP contribution is -2.01. The van der Waals surface area contributed by atoms with Crippen molar-refractivity contribution in [1.82, 2.24) is 19.7 Å². The van der Waals surface area contributed by atoms with E-state index in [4.69, 9.17) is 11.6 Å². The maximum atomic E-state index is 13.4. The van der Waals surface area contributed by atoms with E-state index in [1.807, 2.05) is 12.3 Å². The predicted molar refractivity (Wildman–Crippen MR) is 101 cm³/mol. The molecule has 1 N–H and O–H groups in total. The van der Waals surface area contributed by atoms with E-state index in [-0.39, 0.29) is 5.82 Å². The Morgan fingerprint density at radius 3 is 3.04 bits per heavy atom. The summed E-state index contributed by atoms with van der Waals surface area (Å²) in [5.41, 5.74) is 2.27. The maximum absolute atomic E-state index is 13.4. The van der Waals surface area contributed by atoms with Gasteiger partial charge in [0, 0.05) is 21.9 Å². The lowest BCUT2D eigenvalue weighted by Gasteiger charge is -2.04. The lowest BCUT2D eigenvalue weighted by atomic mass is 10.2. The molecular weight excluding hydrogens is 429 g/mol. The molecule has 9 heteroatoms. The Morgan fingerprint density at radius 2 is 2.16 bits per heavy atom. The van der Waals surface area contributed by atoms with Gasteiger partial charge in [-0.15, -0.1) is 0 Å². The van der Waals surface area contributed by atoms with Crippen LogP contribution in [0.3, 0.4) is 0 Å². The number of nitrogens with zero attached hydrogens (tertiary/aromatic N) is 4. The molecule has 0 saturated carbocycles. The highest BCUT2D eigenvalue weighted by Crippen LogP contribution is 2.28. The van der Waals surface area contributed by atoms with E-state index in [9.17, 15) is 4.39 Å². The van der Waals surface area contributed by atoms with Crippen molar-refractivity contribution in [3.8, 4) is 0 Å². The number of nitrogens with one attached hydrogen (secondary N) is 1. The molecule has 0 aliphatic rings. The number of halogens is 3. The largest absolute Gasteiger partial charge is 0.329 e. The molecule has 0 unspecified atom stereocenters. The first-order valence-corrected chi connectivity index (χ1v) is 9.21. The van der Waals surface area contributed by atoms with Gasteiger partial charge in [-0.3, -0.25) is 4.68 Å². The van der Waals surface area contributed by atoms with Gasteiger partial charge in [0.15, 0.2) is 5.13 Å². The summed E-state index contributed by atoms with van der Waals surface area (Å²) in [6, 6.07) is 6.20. The van der Waals surface area contributed by atoms with Gasteiger partial charge in [0.1, 0.15) is 16.2 Å². The summed E-state index contributed by atoms with van der Waals surface area (Å²) in [5, 5.41) is 8.71. The van der Waals surface area contributed by atoms with Crippen LogP contribution in [-0.2, 0) is 6.54 Å². The summed E-state index contributed by atoms with van der Waals surface area (Å²) in [6.07, 6.45) is 5.24. The first kappa shape index (κ1) is 16.4. The molecule has 0 saturated heterocycles. The number of anilines is 2. The van der Waals surface area contributed by atoms with Crippen molar-refractivity contribution in [1.29, 1.82) is 0 Å². The van der Waals surface area contributed by atoms with Crippen LogP contribution in [0.2, 0.25) is 5.02 Å². The van der Waals surface area contributed by atoms with Crippen molar-refractivity contribution in [2.45, 2.75) is 6.54 Å². The minimum atomic E-state index is -0.321. The molecule has 4 rings (SSSR count). The van der Waals surface area contributed by atoms with Gasteiger partial charge < -0.3 is 5.32 Å². The van der Waals surface area contributed by atoms with Crippen LogP contribution in [0.25, 0.3) is 10.3 Å². The Hall–Kier alpha value is -2.03. The highest BCUT2D eigenvalue weighted by molar-refractivity contribution is 9.10. The van der Waals surface area contributed by atoms with Crippen LogP contribution in [0.15, 0.2) is 47.3 Å². The molecule has 25 heavy (non-hydrogen) atoms. The molecule has 0 aliphatic carbocycles. The van der Waals surface area contributed by atoms with E-state index in [2.05, 4.69) is 36.3 Å². The Morgan fingerprint density at radius 1 is 1.28 bits per heavy atom. The van der Waals surface area contributed by atoms with Gasteiger partial charge in [-0.05, 0) is 45.8 Å². The monoisotopic (exact) mass is 437 g/mol. The molecule has 0 atom stereocenters. The molecule has 0 radical (unpaired) electrons. The van der Waals surface area contributed by atoms with E-state index >= 15 is 0 Å². The molecule has 0 amide bonds.